The number of furan rings is 1. The molecule has 1 aliphatic heterocycles. The minimum atomic E-state index is -0.0629. The first-order valence-electron chi connectivity index (χ1n) is 8.45. The maximum atomic E-state index is 13.0. The molecule has 0 spiro atoms. The van der Waals surface area contributed by atoms with Crippen LogP contribution >= 0.6 is 0 Å². The van der Waals surface area contributed by atoms with Gasteiger partial charge >= 0.3 is 0 Å². The Bertz CT molecular complexity index is 754. The van der Waals surface area contributed by atoms with E-state index in [0.717, 1.165) is 36.8 Å². The van der Waals surface area contributed by atoms with E-state index in [4.69, 9.17) is 4.42 Å². The van der Waals surface area contributed by atoms with E-state index in [-0.39, 0.29) is 30.4 Å². The normalized spacial score (nSPS) is 23.5. The Hall–Kier alpha value is -2.56. The molecule has 5 nitrogen and oxygen atoms in total. The van der Waals surface area contributed by atoms with Gasteiger partial charge in [-0.15, -0.1) is 0 Å². The molecule has 1 saturated heterocycles. The Labute approximate surface area is 140 Å². The lowest BCUT2D eigenvalue weighted by Crippen LogP contribution is -2.62. The summed E-state index contributed by atoms with van der Waals surface area (Å²) in [5, 5.41) is 3.04. The van der Waals surface area contributed by atoms with Crippen molar-refractivity contribution in [2.75, 3.05) is 6.54 Å². The Morgan fingerprint density at radius 1 is 1.17 bits per heavy atom. The van der Waals surface area contributed by atoms with Crippen LogP contribution in [-0.2, 0) is 4.79 Å². The predicted octanol–water partition coefficient (Wildman–Crippen LogP) is 2.83. The van der Waals surface area contributed by atoms with E-state index in [1.165, 1.54) is 0 Å². The van der Waals surface area contributed by atoms with Crippen molar-refractivity contribution in [3.63, 3.8) is 0 Å². The van der Waals surface area contributed by atoms with Gasteiger partial charge in [0.1, 0.15) is 6.54 Å². The molecule has 2 unspecified atom stereocenters. The van der Waals surface area contributed by atoms with E-state index in [1.54, 1.807) is 17.4 Å². The summed E-state index contributed by atoms with van der Waals surface area (Å²) in [5.74, 6) is -0.121. The third kappa shape index (κ3) is 2.70. The van der Waals surface area contributed by atoms with Gasteiger partial charge in [-0.25, -0.2) is 0 Å². The fourth-order valence-corrected chi connectivity index (χ4v) is 3.83. The number of piperazine rings is 1. The lowest BCUT2D eigenvalue weighted by molar-refractivity contribution is -0.127. The highest BCUT2D eigenvalue weighted by molar-refractivity contribution is 5.98. The second kappa shape index (κ2) is 6.15. The molecule has 1 aliphatic carbocycles. The van der Waals surface area contributed by atoms with Crippen LogP contribution in [0.2, 0.25) is 0 Å². The number of nitrogens with zero attached hydrogens (tertiary/aromatic N) is 1. The van der Waals surface area contributed by atoms with E-state index in [2.05, 4.69) is 5.32 Å². The number of amides is 2. The summed E-state index contributed by atoms with van der Waals surface area (Å²) in [6, 6.07) is 9.59. The monoisotopic (exact) mass is 324 g/mol. The molecule has 2 aliphatic rings. The third-order valence-electron chi connectivity index (χ3n) is 5.02. The lowest BCUT2D eigenvalue weighted by Gasteiger charge is -2.44. The maximum absolute atomic E-state index is 13.0. The molecule has 1 N–H and O–H groups in total. The summed E-state index contributed by atoms with van der Waals surface area (Å²) < 4.78 is 5.12. The number of benzene rings is 1. The van der Waals surface area contributed by atoms with Crippen LogP contribution in [-0.4, -0.2) is 35.3 Å². The number of rotatable bonds is 2. The zero-order valence-electron chi connectivity index (χ0n) is 13.4. The van der Waals surface area contributed by atoms with Gasteiger partial charge in [0.2, 0.25) is 5.91 Å². The SMILES string of the molecule is O=C1CN(C(=O)c2cccc(-c3ccoc3)c2)C2CCCCC2N1. The topological polar surface area (TPSA) is 62.6 Å². The Balaban J connectivity index is 1.62. The van der Waals surface area contributed by atoms with Crippen LogP contribution in [0.15, 0.2) is 47.3 Å². The first-order valence-corrected chi connectivity index (χ1v) is 8.45. The highest BCUT2D eigenvalue weighted by Gasteiger charge is 2.39. The molecular formula is C19H20N2O3. The molecule has 2 fully saturated rings. The predicted molar refractivity (Wildman–Crippen MR) is 89.4 cm³/mol. The summed E-state index contributed by atoms with van der Waals surface area (Å²) >= 11 is 0. The van der Waals surface area contributed by atoms with Crippen molar-refractivity contribution in [2.24, 2.45) is 0 Å². The van der Waals surface area contributed by atoms with Gasteiger partial charge in [-0.3, -0.25) is 9.59 Å². The molecule has 2 atom stereocenters. The molecule has 4 rings (SSSR count). The second-order valence-electron chi connectivity index (χ2n) is 6.55. The van der Waals surface area contributed by atoms with Crippen molar-refractivity contribution in [1.82, 2.24) is 10.2 Å². The van der Waals surface area contributed by atoms with Crippen molar-refractivity contribution >= 4 is 11.8 Å². The Kier molecular flexibility index (Phi) is 3.84. The van der Waals surface area contributed by atoms with E-state index >= 15 is 0 Å². The van der Waals surface area contributed by atoms with Gasteiger partial charge in [0.25, 0.3) is 5.91 Å². The van der Waals surface area contributed by atoms with Crippen LogP contribution in [0.1, 0.15) is 36.0 Å². The average Bonchev–Trinajstić information content (AvgIpc) is 3.15. The molecule has 24 heavy (non-hydrogen) atoms. The highest BCUT2D eigenvalue weighted by Crippen LogP contribution is 2.28. The second-order valence-corrected chi connectivity index (χ2v) is 6.55. The van der Waals surface area contributed by atoms with E-state index in [0.29, 0.717) is 5.56 Å². The Morgan fingerprint density at radius 2 is 2.04 bits per heavy atom. The number of carbonyl (C=O) groups is 2. The smallest absolute Gasteiger partial charge is 0.254 e. The average molecular weight is 324 g/mol. The van der Waals surface area contributed by atoms with Crippen molar-refractivity contribution in [1.29, 1.82) is 0 Å². The van der Waals surface area contributed by atoms with Crippen molar-refractivity contribution in [3.05, 3.63) is 48.4 Å². The van der Waals surface area contributed by atoms with Crippen molar-refractivity contribution in [2.45, 2.75) is 37.8 Å². The first kappa shape index (κ1) is 15.0. The summed E-state index contributed by atoms with van der Waals surface area (Å²) in [5.41, 5.74) is 2.50. The zero-order valence-corrected chi connectivity index (χ0v) is 13.4. The van der Waals surface area contributed by atoms with Crippen LogP contribution in [0.5, 0.6) is 0 Å². The van der Waals surface area contributed by atoms with Gasteiger partial charge in [-0.2, -0.15) is 0 Å². The van der Waals surface area contributed by atoms with Crippen LogP contribution in [0.25, 0.3) is 11.1 Å². The molecule has 2 heterocycles. The molecule has 1 saturated carbocycles. The molecular weight excluding hydrogens is 304 g/mol. The number of hydrogen-bond acceptors (Lipinski definition) is 3. The molecule has 1 aromatic carbocycles. The van der Waals surface area contributed by atoms with Gasteiger partial charge in [-0.1, -0.05) is 25.0 Å². The van der Waals surface area contributed by atoms with Crippen LogP contribution < -0.4 is 5.32 Å². The lowest BCUT2D eigenvalue weighted by atomic mass is 9.87. The standard InChI is InChI=1S/C19H20N2O3/c22-18-11-21(17-7-2-1-6-16(17)20-18)19(23)14-5-3-4-13(10-14)15-8-9-24-12-15/h3-5,8-10,12,16-17H,1-2,6-7,11H2,(H,20,22). The van der Waals surface area contributed by atoms with Gasteiger partial charge in [0, 0.05) is 17.2 Å². The molecule has 0 radical (unpaired) electrons. The number of hydrogen-bond donors (Lipinski definition) is 1. The molecule has 2 amide bonds. The number of fused-ring (bicyclic) bond motifs is 1. The first-order chi connectivity index (χ1) is 11.7. The highest BCUT2D eigenvalue weighted by atomic mass is 16.3. The minimum Gasteiger partial charge on any atom is -0.472 e. The number of nitrogens with one attached hydrogen (secondary N) is 1. The van der Waals surface area contributed by atoms with Gasteiger partial charge < -0.3 is 14.6 Å². The van der Waals surface area contributed by atoms with Crippen molar-refractivity contribution < 1.29 is 14.0 Å². The minimum absolute atomic E-state index is 0.0579. The molecule has 2 aromatic rings. The molecule has 5 heteroatoms. The van der Waals surface area contributed by atoms with Crippen LogP contribution in [0, 0.1) is 0 Å². The largest absolute Gasteiger partial charge is 0.472 e. The van der Waals surface area contributed by atoms with Crippen LogP contribution in [0.3, 0.4) is 0 Å². The molecule has 1 aromatic heterocycles. The maximum Gasteiger partial charge on any atom is 0.254 e. The quantitative estimate of drug-likeness (QED) is 0.924. The van der Waals surface area contributed by atoms with Crippen molar-refractivity contribution in [3.8, 4) is 11.1 Å². The zero-order chi connectivity index (χ0) is 16.5. The fraction of sp³-hybridized carbons (Fsp3) is 0.368. The summed E-state index contributed by atoms with van der Waals surface area (Å²) in [7, 11) is 0. The van der Waals surface area contributed by atoms with E-state index < -0.39 is 0 Å². The van der Waals surface area contributed by atoms with Gasteiger partial charge in [-0.05, 0) is 36.6 Å². The van der Waals surface area contributed by atoms with Gasteiger partial charge in [0.05, 0.1) is 18.6 Å². The van der Waals surface area contributed by atoms with E-state index in [1.807, 2.05) is 30.3 Å². The van der Waals surface area contributed by atoms with Gasteiger partial charge in [0.15, 0.2) is 0 Å². The summed E-state index contributed by atoms with van der Waals surface area (Å²) in [4.78, 5) is 26.8. The van der Waals surface area contributed by atoms with E-state index in [9.17, 15) is 9.59 Å². The molecule has 0 bridgehead atoms. The molecule has 124 valence electrons. The third-order valence-corrected chi connectivity index (χ3v) is 5.02. The van der Waals surface area contributed by atoms with Crippen LogP contribution in [0.4, 0.5) is 0 Å². The summed E-state index contributed by atoms with van der Waals surface area (Å²) in [6.45, 7) is 0.149. The Morgan fingerprint density at radius 3 is 2.88 bits per heavy atom. The number of carbonyl (C=O) groups excluding carboxylic acids is 2. The fourth-order valence-electron chi connectivity index (χ4n) is 3.83. The summed E-state index contributed by atoms with van der Waals surface area (Å²) in [6.07, 6.45) is 7.41.